The molecule has 106 valence electrons. The maximum Gasteiger partial charge on any atom is 0.0421 e. The lowest BCUT2D eigenvalue weighted by Crippen LogP contribution is -2.35. The Balaban J connectivity index is 2.18. The van der Waals surface area contributed by atoms with E-state index in [1.807, 2.05) is 18.2 Å². The van der Waals surface area contributed by atoms with Crippen LogP contribution >= 0.6 is 0 Å². The average molecular weight is 267 g/mol. The molecule has 0 radical (unpaired) electrons. The summed E-state index contributed by atoms with van der Waals surface area (Å²) in [5.41, 5.74) is 10.2. The first-order valence-corrected chi connectivity index (χ1v) is 7.23. The van der Waals surface area contributed by atoms with E-state index in [0.717, 1.165) is 6.42 Å². The van der Waals surface area contributed by atoms with Crippen LogP contribution in [0.4, 0.5) is 0 Å². The Morgan fingerprint density at radius 2 is 1.30 bits per heavy atom. The molecule has 0 aromatic heterocycles. The Morgan fingerprint density at radius 1 is 0.750 bits per heavy atom. The number of hydrogen-bond donors (Lipinski definition) is 1. The molecule has 0 aliphatic carbocycles. The SMILES string of the molecule is CC(C)(C)c1ccc(CC(C)(N)c2ccccc2)cc1. The third-order valence-corrected chi connectivity index (χ3v) is 3.82. The molecule has 0 aliphatic heterocycles. The first-order chi connectivity index (χ1) is 9.29. The molecule has 1 atom stereocenters. The van der Waals surface area contributed by atoms with E-state index in [4.69, 9.17) is 5.73 Å². The lowest BCUT2D eigenvalue weighted by molar-refractivity contribution is 0.491. The van der Waals surface area contributed by atoms with Crippen LogP contribution in [0.2, 0.25) is 0 Å². The molecule has 2 N–H and O–H groups in total. The van der Waals surface area contributed by atoms with Gasteiger partial charge < -0.3 is 5.73 Å². The molecule has 2 aromatic rings. The predicted molar refractivity (Wildman–Crippen MR) is 86.8 cm³/mol. The van der Waals surface area contributed by atoms with Gasteiger partial charge in [-0.15, -0.1) is 0 Å². The molecule has 0 spiro atoms. The van der Waals surface area contributed by atoms with Gasteiger partial charge in [0.1, 0.15) is 0 Å². The van der Waals surface area contributed by atoms with Crippen molar-refractivity contribution in [1.82, 2.24) is 0 Å². The van der Waals surface area contributed by atoms with Gasteiger partial charge in [-0.05, 0) is 35.4 Å². The maximum atomic E-state index is 6.49. The number of nitrogens with two attached hydrogens (primary N) is 1. The molecule has 0 bridgehead atoms. The fourth-order valence-corrected chi connectivity index (χ4v) is 2.47. The highest BCUT2D eigenvalue weighted by Crippen LogP contribution is 2.26. The standard InChI is InChI=1S/C19H25N/c1-18(2,3)16-12-10-15(11-13-16)14-19(4,20)17-8-6-5-7-9-17/h5-13H,14,20H2,1-4H3. The van der Waals surface area contributed by atoms with Crippen molar-refractivity contribution in [2.45, 2.75) is 45.1 Å². The Morgan fingerprint density at radius 3 is 1.80 bits per heavy atom. The minimum Gasteiger partial charge on any atom is -0.321 e. The second kappa shape index (κ2) is 5.41. The van der Waals surface area contributed by atoms with E-state index < -0.39 is 0 Å². The molecule has 2 aromatic carbocycles. The van der Waals surface area contributed by atoms with E-state index in [1.165, 1.54) is 16.7 Å². The van der Waals surface area contributed by atoms with Gasteiger partial charge in [0.2, 0.25) is 0 Å². The Kier molecular flexibility index (Phi) is 4.01. The number of benzene rings is 2. The largest absolute Gasteiger partial charge is 0.321 e. The Labute approximate surface area is 122 Å². The molecule has 1 heteroatoms. The van der Waals surface area contributed by atoms with Gasteiger partial charge in [-0.2, -0.15) is 0 Å². The quantitative estimate of drug-likeness (QED) is 0.876. The van der Waals surface area contributed by atoms with Crippen molar-refractivity contribution in [2.75, 3.05) is 0 Å². The van der Waals surface area contributed by atoms with Gasteiger partial charge in [0, 0.05) is 5.54 Å². The van der Waals surface area contributed by atoms with Crippen LogP contribution in [0.15, 0.2) is 54.6 Å². The summed E-state index contributed by atoms with van der Waals surface area (Å²) in [6, 6.07) is 19.2. The molecule has 0 saturated carbocycles. The van der Waals surface area contributed by atoms with Gasteiger partial charge in [0.25, 0.3) is 0 Å². The van der Waals surface area contributed by atoms with Crippen molar-refractivity contribution >= 4 is 0 Å². The van der Waals surface area contributed by atoms with Gasteiger partial charge in [0.05, 0.1) is 0 Å². The van der Waals surface area contributed by atoms with Gasteiger partial charge >= 0.3 is 0 Å². The van der Waals surface area contributed by atoms with E-state index in [-0.39, 0.29) is 11.0 Å². The first kappa shape index (κ1) is 14.8. The van der Waals surface area contributed by atoms with E-state index in [0.29, 0.717) is 0 Å². The molecule has 1 nitrogen and oxygen atoms in total. The minimum atomic E-state index is -0.329. The van der Waals surface area contributed by atoms with Crippen LogP contribution in [0.5, 0.6) is 0 Å². The summed E-state index contributed by atoms with van der Waals surface area (Å²) in [7, 11) is 0. The molecule has 0 aliphatic rings. The Hall–Kier alpha value is -1.60. The highest BCUT2D eigenvalue weighted by molar-refractivity contribution is 5.31. The summed E-state index contributed by atoms with van der Waals surface area (Å²) in [6.07, 6.45) is 0.849. The van der Waals surface area contributed by atoms with E-state index in [2.05, 4.69) is 64.1 Å². The highest BCUT2D eigenvalue weighted by atomic mass is 14.7. The highest BCUT2D eigenvalue weighted by Gasteiger charge is 2.21. The fourth-order valence-electron chi connectivity index (χ4n) is 2.47. The van der Waals surface area contributed by atoms with Gasteiger partial charge in [-0.25, -0.2) is 0 Å². The van der Waals surface area contributed by atoms with Crippen molar-refractivity contribution in [3.63, 3.8) is 0 Å². The molecule has 0 saturated heterocycles. The second-order valence-electron chi connectivity index (χ2n) is 6.91. The van der Waals surface area contributed by atoms with Crippen LogP contribution in [0.3, 0.4) is 0 Å². The first-order valence-electron chi connectivity index (χ1n) is 7.23. The lowest BCUT2D eigenvalue weighted by atomic mass is 9.84. The van der Waals surface area contributed by atoms with Crippen molar-refractivity contribution in [3.05, 3.63) is 71.3 Å². The summed E-state index contributed by atoms with van der Waals surface area (Å²) in [4.78, 5) is 0. The van der Waals surface area contributed by atoms with Gasteiger partial charge in [-0.3, -0.25) is 0 Å². The molecule has 1 unspecified atom stereocenters. The predicted octanol–water partition coefficient (Wildman–Crippen LogP) is 4.40. The average Bonchev–Trinajstić information content (AvgIpc) is 2.39. The molecule has 0 fully saturated rings. The van der Waals surface area contributed by atoms with Crippen LogP contribution < -0.4 is 5.73 Å². The zero-order chi connectivity index (χ0) is 14.8. The van der Waals surface area contributed by atoms with Crippen LogP contribution in [0, 0.1) is 0 Å². The monoisotopic (exact) mass is 267 g/mol. The number of rotatable bonds is 3. The van der Waals surface area contributed by atoms with Crippen LogP contribution in [0.1, 0.15) is 44.4 Å². The molecular weight excluding hydrogens is 242 g/mol. The van der Waals surface area contributed by atoms with Crippen LogP contribution in [-0.2, 0) is 17.4 Å². The maximum absolute atomic E-state index is 6.49. The van der Waals surface area contributed by atoms with Gasteiger partial charge in [-0.1, -0.05) is 75.4 Å². The summed E-state index contributed by atoms with van der Waals surface area (Å²) >= 11 is 0. The fraction of sp³-hybridized carbons (Fsp3) is 0.368. The zero-order valence-corrected chi connectivity index (χ0v) is 13.0. The van der Waals surface area contributed by atoms with Crippen molar-refractivity contribution in [2.24, 2.45) is 5.73 Å². The molecular formula is C19H25N. The molecule has 0 heterocycles. The van der Waals surface area contributed by atoms with Crippen molar-refractivity contribution in [3.8, 4) is 0 Å². The Bertz CT molecular complexity index is 545. The summed E-state index contributed by atoms with van der Waals surface area (Å²) in [5.74, 6) is 0. The normalized spacial score (nSPS) is 14.8. The van der Waals surface area contributed by atoms with E-state index in [1.54, 1.807) is 0 Å². The van der Waals surface area contributed by atoms with Crippen LogP contribution in [0.25, 0.3) is 0 Å². The van der Waals surface area contributed by atoms with Crippen molar-refractivity contribution in [1.29, 1.82) is 0 Å². The van der Waals surface area contributed by atoms with E-state index >= 15 is 0 Å². The van der Waals surface area contributed by atoms with Crippen LogP contribution in [-0.4, -0.2) is 0 Å². The topological polar surface area (TPSA) is 26.0 Å². The summed E-state index contributed by atoms with van der Waals surface area (Å²) in [6.45, 7) is 8.80. The summed E-state index contributed by atoms with van der Waals surface area (Å²) in [5, 5.41) is 0. The second-order valence-corrected chi connectivity index (χ2v) is 6.91. The minimum absolute atomic E-state index is 0.198. The molecule has 2 rings (SSSR count). The lowest BCUT2D eigenvalue weighted by Gasteiger charge is -2.26. The van der Waals surface area contributed by atoms with Crippen molar-refractivity contribution < 1.29 is 0 Å². The van der Waals surface area contributed by atoms with Gasteiger partial charge in [0.15, 0.2) is 0 Å². The number of hydrogen-bond acceptors (Lipinski definition) is 1. The molecule has 20 heavy (non-hydrogen) atoms. The zero-order valence-electron chi connectivity index (χ0n) is 13.0. The third kappa shape index (κ3) is 3.49. The molecule has 0 amide bonds. The summed E-state index contributed by atoms with van der Waals surface area (Å²) < 4.78 is 0. The van der Waals surface area contributed by atoms with E-state index in [9.17, 15) is 0 Å². The third-order valence-electron chi connectivity index (χ3n) is 3.82. The smallest absolute Gasteiger partial charge is 0.0421 e.